The molecule has 49 heavy (non-hydrogen) atoms. The first-order valence-electron chi connectivity index (χ1n) is 16.0. The second kappa shape index (κ2) is 23.4. The number of alkyl halides is 4. The molecule has 12 nitrogen and oxygen atoms in total. The van der Waals surface area contributed by atoms with Crippen molar-refractivity contribution >= 4 is 70.3 Å². The number of hydrogen-bond donors (Lipinski definition) is 0. The summed E-state index contributed by atoms with van der Waals surface area (Å²) in [4.78, 5) is 49.2. The van der Waals surface area contributed by atoms with E-state index in [1.807, 2.05) is 0 Å². The highest BCUT2D eigenvalue weighted by Crippen LogP contribution is 2.24. The van der Waals surface area contributed by atoms with Crippen LogP contribution >= 0.6 is 46.4 Å². The molecule has 0 unspecified atom stereocenters. The number of halogens is 4. The molecule has 0 fully saturated rings. The van der Waals surface area contributed by atoms with E-state index in [1.165, 1.54) is 0 Å². The Morgan fingerprint density at radius 1 is 0.367 bits per heavy atom. The minimum Gasteiger partial charge on any atom is -0.463 e. The van der Waals surface area contributed by atoms with Gasteiger partial charge in [-0.25, -0.2) is 0 Å². The lowest BCUT2D eigenvalue weighted by Crippen LogP contribution is -2.43. The topological polar surface area (TPSA) is 142 Å². The summed E-state index contributed by atoms with van der Waals surface area (Å²) in [5, 5.41) is 0. The van der Waals surface area contributed by atoms with Gasteiger partial charge in [0.1, 0.15) is 26.4 Å². The van der Waals surface area contributed by atoms with Crippen molar-refractivity contribution in [3.8, 4) is 0 Å². The van der Waals surface area contributed by atoms with E-state index in [2.05, 4.69) is 0 Å². The third kappa shape index (κ3) is 18.8. The van der Waals surface area contributed by atoms with Gasteiger partial charge in [-0.3, -0.25) is 19.2 Å². The molecule has 0 N–H and O–H groups in total. The van der Waals surface area contributed by atoms with Crippen molar-refractivity contribution < 1.29 is 57.1 Å². The molecule has 0 heterocycles. The van der Waals surface area contributed by atoms with Crippen LogP contribution in [0.25, 0.3) is 0 Å². The molecule has 0 atom stereocenters. The van der Waals surface area contributed by atoms with Gasteiger partial charge < -0.3 is 37.9 Å². The minimum atomic E-state index is -0.947. The van der Waals surface area contributed by atoms with Crippen LogP contribution in [0.2, 0.25) is 0 Å². The highest BCUT2D eigenvalue weighted by Gasteiger charge is 2.35. The predicted octanol–water partition coefficient (Wildman–Crippen LogP) is 5.27. The first kappa shape index (κ1) is 47.9. The van der Waals surface area contributed by atoms with E-state index in [0.29, 0.717) is 0 Å². The molecule has 0 saturated heterocycles. The molecule has 0 aromatic heterocycles. The molecule has 0 spiro atoms. The average Bonchev–Trinajstić information content (AvgIpc) is 3.06. The summed E-state index contributed by atoms with van der Waals surface area (Å²) in [6.45, 7) is 13.6. The van der Waals surface area contributed by atoms with Gasteiger partial charge in [0, 0.05) is 23.5 Å². The normalized spacial score (nSPS) is 12.8. The van der Waals surface area contributed by atoms with Crippen LogP contribution < -0.4 is 0 Å². The lowest BCUT2D eigenvalue weighted by Gasteiger charge is -2.33. The zero-order valence-electron chi connectivity index (χ0n) is 30.2. The number of hydrogen-bond acceptors (Lipinski definition) is 12. The summed E-state index contributed by atoms with van der Waals surface area (Å²) in [5.41, 5.74) is -4.36. The molecule has 0 aromatic rings. The Balaban J connectivity index is 5.62. The van der Waals surface area contributed by atoms with Gasteiger partial charge in [0.15, 0.2) is 0 Å². The van der Waals surface area contributed by atoms with E-state index in [-0.39, 0.29) is 103 Å². The smallest absolute Gasteiger partial charge is 0.312 e. The highest BCUT2D eigenvalue weighted by atomic mass is 35.5. The first-order chi connectivity index (χ1) is 22.8. The predicted molar refractivity (Wildman–Crippen MR) is 188 cm³/mol. The van der Waals surface area contributed by atoms with Crippen LogP contribution in [-0.4, -0.2) is 127 Å². The van der Waals surface area contributed by atoms with Gasteiger partial charge in [0.05, 0.1) is 79.9 Å². The average molecular weight is 787 g/mol. The fourth-order valence-corrected chi connectivity index (χ4v) is 3.61. The minimum absolute atomic E-state index is 0.0251. The number of carbonyl (C=O) groups excluding carboxylic acids is 4. The molecule has 0 aliphatic carbocycles. The van der Waals surface area contributed by atoms with E-state index >= 15 is 0 Å². The maximum atomic E-state index is 12.3. The van der Waals surface area contributed by atoms with Gasteiger partial charge in [0.25, 0.3) is 0 Å². The monoisotopic (exact) mass is 784 g/mol. The van der Waals surface area contributed by atoms with Crippen LogP contribution in [0.4, 0.5) is 0 Å². The number of carbonyl (C=O) groups is 4. The molecule has 0 saturated carbocycles. The molecule has 288 valence electrons. The molecule has 0 bridgehead atoms. The SMILES string of the molecule is CC(C)(CCl)C(=O)OCCOCC(COCCOC(=O)C(C)(C)CCl)(COCCOC(=O)C(C)(C)CCl)COCCOC(=O)C(C)(C)CCl. The number of rotatable bonds is 28. The van der Waals surface area contributed by atoms with E-state index in [1.54, 1.807) is 55.4 Å². The third-order valence-corrected chi connectivity index (χ3v) is 9.70. The molecule has 0 radical (unpaired) electrons. The first-order valence-corrected chi connectivity index (χ1v) is 18.1. The largest absolute Gasteiger partial charge is 0.463 e. The molecule has 0 aromatic carbocycles. The van der Waals surface area contributed by atoms with Crippen molar-refractivity contribution in [2.45, 2.75) is 55.4 Å². The molecule has 0 aliphatic heterocycles. The van der Waals surface area contributed by atoms with Crippen LogP contribution in [0.1, 0.15) is 55.4 Å². The maximum absolute atomic E-state index is 12.3. The van der Waals surface area contributed by atoms with Crippen molar-refractivity contribution in [3.05, 3.63) is 0 Å². The van der Waals surface area contributed by atoms with Gasteiger partial charge in [0.2, 0.25) is 0 Å². The summed E-state index contributed by atoms with van der Waals surface area (Å²) in [7, 11) is 0. The van der Waals surface area contributed by atoms with Gasteiger partial charge in [-0.1, -0.05) is 0 Å². The molecular weight excluding hydrogens is 730 g/mol. The lowest BCUT2D eigenvalue weighted by atomic mass is 9.92. The Kier molecular flexibility index (Phi) is 22.9. The van der Waals surface area contributed by atoms with Crippen LogP contribution in [-0.2, 0) is 57.1 Å². The van der Waals surface area contributed by atoms with E-state index < -0.39 is 51.0 Å². The quantitative estimate of drug-likeness (QED) is 0.0442. The Morgan fingerprint density at radius 3 is 0.714 bits per heavy atom. The number of ether oxygens (including phenoxy) is 8. The van der Waals surface area contributed by atoms with Gasteiger partial charge in [-0.15, -0.1) is 46.4 Å². The second-order valence-electron chi connectivity index (χ2n) is 14.3. The number of esters is 4. The molecule has 0 rings (SSSR count). The fraction of sp³-hybridized carbons (Fsp3) is 0.879. The summed E-state index contributed by atoms with van der Waals surface area (Å²) in [6, 6.07) is 0. The summed E-state index contributed by atoms with van der Waals surface area (Å²) in [6.07, 6.45) is 0. The summed E-state index contributed by atoms with van der Waals surface area (Å²) in [5.74, 6) is -1.46. The van der Waals surface area contributed by atoms with Crippen LogP contribution in [0.3, 0.4) is 0 Å². The van der Waals surface area contributed by atoms with Crippen molar-refractivity contribution in [2.75, 3.05) is 103 Å². The Morgan fingerprint density at radius 2 is 0.551 bits per heavy atom. The summed E-state index contributed by atoms with van der Waals surface area (Å²) >= 11 is 23.5. The van der Waals surface area contributed by atoms with Gasteiger partial charge in [-0.2, -0.15) is 0 Å². The molecule has 0 aliphatic rings. The highest BCUT2D eigenvalue weighted by molar-refractivity contribution is 6.20. The second-order valence-corrected chi connectivity index (χ2v) is 15.4. The van der Waals surface area contributed by atoms with Crippen LogP contribution in [0.5, 0.6) is 0 Å². The van der Waals surface area contributed by atoms with Crippen molar-refractivity contribution in [1.29, 1.82) is 0 Å². The summed E-state index contributed by atoms with van der Waals surface area (Å²) < 4.78 is 44.9. The third-order valence-electron chi connectivity index (χ3n) is 7.02. The Labute approximate surface area is 311 Å². The zero-order valence-corrected chi connectivity index (χ0v) is 33.2. The molecule has 16 heteroatoms. The van der Waals surface area contributed by atoms with E-state index in [9.17, 15) is 19.2 Å². The standard InChI is InChI=1S/C33H56Cl4O12/c1-29(2,17-34)25(38)46-13-9-42-21-33(22-43-10-14-47-26(39)30(3,4)18-35,23-44-11-15-48-27(40)31(5,6)19-36)24-45-12-16-49-28(41)32(7,8)20-37/h9-24H2,1-8H3. The molecule has 0 amide bonds. The van der Waals surface area contributed by atoms with Crippen LogP contribution in [0, 0.1) is 27.1 Å². The fourth-order valence-electron chi connectivity index (χ4n) is 3.18. The molecular formula is C33H56Cl4O12. The van der Waals surface area contributed by atoms with Crippen molar-refractivity contribution in [2.24, 2.45) is 27.1 Å². The van der Waals surface area contributed by atoms with Crippen LogP contribution in [0.15, 0.2) is 0 Å². The lowest BCUT2D eigenvalue weighted by molar-refractivity contribution is -0.159. The van der Waals surface area contributed by atoms with E-state index in [0.717, 1.165) is 0 Å². The Bertz CT molecular complexity index is 847. The van der Waals surface area contributed by atoms with Crippen molar-refractivity contribution in [1.82, 2.24) is 0 Å². The zero-order chi connectivity index (χ0) is 37.8. The van der Waals surface area contributed by atoms with Crippen molar-refractivity contribution in [3.63, 3.8) is 0 Å². The van der Waals surface area contributed by atoms with E-state index in [4.69, 9.17) is 84.3 Å². The maximum Gasteiger partial charge on any atom is 0.312 e. The van der Waals surface area contributed by atoms with Gasteiger partial charge in [-0.05, 0) is 55.4 Å². The Hall–Kier alpha value is -1.12. The van der Waals surface area contributed by atoms with Gasteiger partial charge >= 0.3 is 23.9 Å².